The number of aromatic nitrogens is 2. The van der Waals surface area contributed by atoms with Crippen molar-refractivity contribution >= 4 is 23.2 Å². The van der Waals surface area contributed by atoms with Crippen LogP contribution >= 0.6 is 0 Å². The third-order valence-corrected chi connectivity index (χ3v) is 3.83. The minimum atomic E-state index is -0.138. The van der Waals surface area contributed by atoms with Gasteiger partial charge in [-0.15, -0.1) is 10.2 Å². The number of rotatable bonds is 5. The van der Waals surface area contributed by atoms with Crippen LogP contribution in [0, 0.1) is 18.3 Å². The second kappa shape index (κ2) is 7.90. The lowest BCUT2D eigenvalue weighted by Crippen LogP contribution is -2.16. The molecule has 0 unspecified atom stereocenters. The van der Waals surface area contributed by atoms with Crippen LogP contribution in [0.5, 0.6) is 0 Å². The highest BCUT2D eigenvalue weighted by Crippen LogP contribution is 2.16. The molecular weight excluding hydrogens is 326 g/mol. The smallest absolute Gasteiger partial charge is 0.230 e. The molecule has 3 aromatic rings. The maximum absolute atomic E-state index is 12.1. The molecule has 0 saturated carbocycles. The Labute approximate surface area is 151 Å². The number of carbonyl (C=O) groups is 1. The highest BCUT2D eigenvalue weighted by molar-refractivity contribution is 5.91. The van der Waals surface area contributed by atoms with Gasteiger partial charge in [0.25, 0.3) is 0 Å². The maximum atomic E-state index is 12.1. The highest BCUT2D eigenvalue weighted by atomic mass is 16.1. The van der Waals surface area contributed by atoms with Crippen molar-refractivity contribution < 1.29 is 4.79 Å². The summed E-state index contributed by atoms with van der Waals surface area (Å²) in [5.41, 5.74) is 3.45. The molecule has 0 aliphatic heterocycles. The van der Waals surface area contributed by atoms with Gasteiger partial charge in [0.1, 0.15) is 0 Å². The molecule has 0 aliphatic carbocycles. The van der Waals surface area contributed by atoms with Gasteiger partial charge in [0.15, 0.2) is 11.6 Å². The molecule has 1 heterocycles. The average Bonchev–Trinajstić information content (AvgIpc) is 2.66. The molecule has 0 radical (unpaired) electrons. The average molecular weight is 343 g/mol. The van der Waals surface area contributed by atoms with Gasteiger partial charge >= 0.3 is 0 Å². The summed E-state index contributed by atoms with van der Waals surface area (Å²) in [6, 6.07) is 20.3. The fourth-order valence-corrected chi connectivity index (χ4v) is 2.41. The largest absolute Gasteiger partial charge is 0.339 e. The number of hydrogen-bond donors (Lipinski definition) is 2. The fraction of sp³-hybridized carbons (Fsp3) is 0.100. The first kappa shape index (κ1) is 17.1. The maximum Gasteiger partial charge on any atom is 0.230 e. The Morgan fingerprint density at radius 3 is 2.35 bits per heavy atom. The Morgan fingerprint density at radius 2 is 1.69 bits per heavy atom. The number of nitriles is 1. The lowest BCUT2D eigenvalue weighted by molar-refractivity contribution is -0.115. The third kappa shape index (κ3) is 4.42. The van der Waals surface area contributed by atoms with Gasteiger partial charge in [-0.3, -0.25) is 4.79 Å². The zero-order chi connectivity index (χ0) is 18.4. The Bertz CT molecular complexity index is 943. The van der Waals surface area contributed by atoms with E-state index in [4.69, 9.17) is 5.26 Å². The van der Waals surface area contributed by atoms with E-state index in [1.807, 2.05) is 31.2 Å². The Hall–Kier alpha value is -3.72. The molecule has 3 rings (SSSR count). The van der Waals surface area contributed by atoms with Gasteiger partial charge in [0.05, 0.1) is 18.1 Å². The van der Waals surface area contributed by atoms with Crippen LogP contribution in [0.15, 0.2) is 60.7 Å². The van der Waals surface area contributed by atoms with Crippen LogP contribution in [-0.4, -0.2) is 16.1 Å². The number of nitrogens with zero attached hydrogens (tertiary/aromatic N) is 3. The summed E-state index contributed by atoms with van der Waals surface area (Å²) >= 11 is 0. The van der Waals surface area contributed by atoms with Crippen LogP contribution in [0.25, 0.3) is 0 Å². The molecule has 2 N–H and O–H groups in total. The number of carbonyl (C=O) groups excluding carboxylic acids is 1. The first-order chi connectivity index (χ1) is 12.6. The highest BCUT2D eigenvalue weighted by Gasteiger charge is 2.07. The lowest BCUT2D eigenvalue weighted by atomic mass is 10.1. The van der Waals surface area contributed by atoms with Crippen molar-refractivity contribution in [1.29, 1.82) is 5.26 Å². The molecular formula is C20H17N5O. The summed E-state index contributed by atoms with van der Waals surface area (Å²) in [6.45, 7) is 1.98. The summed E-state index contributed by atoms with van der Waals surface area (Å²) in [7, 11) is 0. The van der Waals surface area contributed by atoms with E-state index in [9.17, 15) is 4.79 Å². The van der Waals surface area contributed by atoms with E-state index in [1.165, 1.54) is 0 Å². The van der Waals surface area contributed by atoms with Crippen molar-refractivity contribution in [3.05, 3.63) is 77.4 Å². The van der Waals surface area contributed by atoms with Gasteiger partial charge in [0, 0.05) is 5.69 Å². The van der Waals surface area contributed by atoms with Gasteiger partial charge in [-0.25, -0.2) is 0 Å². The summed E-state index contributed by atoms with van der Waals surface area (Å²) in [5.74, 6) is 0.807. The number of anilines is 3. The SMILES string of the molecule is Cc1ccccc1CC(=O)Nc1ccc(Nc2ccc(C#N)cc2)nn1. The zero-order valence-electron chi connectivity index (χ0n) is 14.2. The van der Waals surface area contributed by atoms with Gasteiger partial charge in [-0.05, 0) is 54.4 Å². The molecule has 6 heteroatoms. The van der Waals surface area contributed by atoms with Crippen LogP contribution in [0.4, 0.5) is 17.3 Å². The second-order valence-electron chi connectivity index (χ2n) is 5.77. The van der Waals surface area contributed by atoms with Gasteiger partial charge in [-0.2, -0.15) is 5.26 Å². The van der Waals surface area contributed by atoms with Gasteiger partial charge in [0.2, 0.25) is 5.91 Å². The van der Waals surface area contributed by atoms with E-state index < -0.39 is 0 Å². The van der Waals surface area contributed by atoms with Gasteiger partial charge < -0.3 is 10.6 Å². The van der Waals surface area contributed by atoms with Crippen molar-refractivity contribution in [2.45, 2.75) is 13.3 Å². The standard InChI is InChI=1S/C20H17N5O/c1-14-4-2-3-5-16(14)12-20(26)23-19-11-10-18(24-25-19)22-17-8-6-15(13-21)7-9-17/h2-11H,12H2,1H3,(H,22,24)(H,23,25,26). The van der Waals surface area contributed by atoms with E-state index in [2.05, 4.69) is 26.9 Å². The Balaban J connectivity index is 1.59. The van der Waals surface area contributed by atoms with Crippen LogP contribution in [-0.2, 0) is 11.2 Å². The minimum absolute atomic E-state index is 0.138. The number of benzene rings is 2. The quantitative estimate of drug-likeness (QED) is 0.739. The minimum Gasteiger partial charge on any atom is -0.339 e. The molecule has 0 bridgehead atoms. The molecule has 26 heavy (non-hydrogen) atoms. The summed E-state index contributed by atoms with van der Waals surface area (Å²) in [6.07, 6.45) is 0.291. The summed E-state index contributed by atoms with van der Waals surface area (Å²) < 4.78 is 0. The van der Waals surface area contributed by atoms with E-state index in [1.54, 1.807) is 36.4 Å². The molecule has 0 spiro atoms. The molecule has 2 aromatic carbocycles. The first-order valence-corrected chi connectivity index (χ1v) is 8.09. The predicted octanol–water partition coefficient (Wildman–Crippen LogP) is 3.58. The Morgan fingerprint density at radius 1 is 1.00 bits per heavy atom. The van der Waals surface area contributed by atoms with Crippen molar-refractivity contribution in [2.24, 2.45) is 0 Å². The second-order valence-corrected chi connectivity index (χ2v) is 5.77. The molecule has 0 atom stereocenters. The molecule has 6 nitrogen and oxygen atoms in total. The van der Waals surface area contributed by atoms with Crippen molar-refractivity contribution in [3.8, 4) is 6.07 Å². The molecule has 0 fully saturated rings. The normalized spacial score (nSPS) is 10.0. The van der Waals surface area contributed by atoms with Gasteiger partial charge in [-0.1, -0.05) is 24.3 Å². The summed E-state index contributed by atoms with van der Waals surface area (Å²) in [4.78, 5) is 12.1. The fourth-order valence-electron chi connectivity index (χ4n) is 2.41. The first-order valence-electron chi connectivity index (χ1n) is 8.09. The van der Waals surface area contributed by atoms with E-state index in [-0.39, 0.29) is 5.91 Å². The molecule has 0 aliphatic rings. The number of amides is 1. The van der Waals surface area contributed by atoms with E-state index in [0.717, 1.165) is 16.8 Å². The van der Waals surface area contributed by atoms with Crippen molar-refractivity contribution in [2.75, 3.05) is 10.6 Å². The van der Waals surface area contributed by atoms with Crippen LogP contribution in [0.2, 0.25) is 0 Å². The monoisotopic (exact) mass is 343 g/mol. The predicted molar refractivity (Wildman–Crippen MR) is 100.0 cm³/mol. The zero-order valence-corrected chi connectivity index (χ0v) is 14.2. The number of nitrogens with one attached hydrogen (secondary N) is 2. The lowest BCUT2D eigenvalue weighted by Gasteiger charge is -2.08. The molecule has 0 saturated heterocycles. The molecule has 1 aromatic heterocycles. The number of hydrogen-bond acceptors (Lipinski definition) is 5. The van der Waals surface area contributed by atoms with Crippen molar-refractivity contribution in [3.63, 3.8) is 0 Å². The van der Waals surface area contributed by atoms with Crippen LogP contribution < -0.4 is 10.6 Å². The molecule has 128 valence electrons. The Kier molecular flexibility index (Phi) is 5.20. The van der Waals surface area contributed by atoms with Crippen molar-refractivity contribution in [1.82, 2.24) is 10.2 Å². The molecule has 1 amide bonds. The van der Waals surface area contributed by atoms with E-state index in [0.29, 0.717) is 23.6 Å². The van der Waals surface area contributed by atoms with E-state index >= 15 is 0 Å². The van der Waals surface area contributed by atoms with Crippen LogP contribution in [0.1, 0.15) is 16.7 Å². The summed E-state index contributed by atoms with van der Waals surface area (Å²) in [5, 5.41) is 22.7. The topological polar surface area (TPSA) is 90.7 Å². The van der Waals surface area contributed by atoms with Crippen LogP contribution in [0.3, 0.4) is 0 Å². The third-order valence-electron chi connectivity index (χ3n) is 3.83. The number of aryl methyl sites for hydroxylation is 1.